The predicted molar refractivity (Wildman–Crippen MR) is 82.1 cm³/mol. The first-order chi connectivity index (χ1) is 10.0. The molecular weight excluding hydrogens is 360 g/mol. The number of halogens is 2. The lowest BCUT2D eigenvalue weighted by Gasteiger charge is -2.08. The molecule has 106 valence electrons. The zero-order valence-corrected chi connectivity index (χ0v) is 12.8. The van der Waals surface area contributed by atoms with Gasteiger partial charge in [0.15, 0.2) is 0 Å². The lowest BCUT2D eigenvalue weighted by atomic mass is 10.2. The number of anilines is 1. The Morgan fingerprint density at radius 3 is 2.86 bits per heavy atom. The molecule has 21 heavy (non-hydrogen) atoms. The average molecular weight is 368 g/mol. The molecule has 0 saturated carbocycles. The van der Waals surface area contributed by atoms with Crippen molar-refractivity contribution in [3.05, 3.63) is 61.2 Å². The number of rotatable bonds is 4. The fourth-order valence-corrected chi connectivity index (χ4v) is 2.36. The highest BCUT2D eigenvalue weighted by atomic mass is 79.9. The van der Waals surface area contributed by atoms with Crippen molar-refractivity contribution in [3.8, 4) is 6.07 Å². The minimum atomic E-state index is -0.594. The largest absolute Gasteiger partial charge is 0.365 e. The Morgan fingerprint density at radius 1 is 1.48 bits per heavy atom. The molecule has 0 aliphatic carbocycles. The van der Waals surface area contributed by atoms with Crippen LogP contribution in [0.1, 0.15) is 11.1 Å². The predicted octanol–water partition coefficient (Wildman–Crippen LogP) is 3.89. The number of pyridine rings is 1. The van der Waals surface area contributed by atoms with Crippen molar-refractivity contribution in [2.24, 2.45) is 0 Å². The zero-order chi connectivity index (χ0) is 15.4. The third-order valence-electron chi connectivity index (χ3n) is 2.67. The summed E-state index contributed by atoms with van der Waals surface area (Å²) < 4.78 is 0.863. The van der Waals surface area contributed by atoms with E-state index in [0.717, 1.165) is 16.2 Å². The summed E-state index contributed by atoms with van der Waals surface area (Å²) in [6.07, 6.45) is 1.10. The minimum absolute atomic E-state index is 0.109. The Morgan fingerprint density at radius 2 is 2.24 bits per heavy atom. The van der Waals surface area contributed by atoms with Gasteiger partial charge in [-0.3, -0.25) is 10.1 Å². The van der Waals surface area contributed by atoms with Crippen LogP contribution in [0.4, 0.5) is 11.5 Å². The van der Waals surface area contributed by atoms with Gasteiger partial charge >= 0.3 is 0 Å². The van der Waals surface area contributed by atoms with E-state index < -0.39 is 4.92 Å². The number of nitrogens with one attached hydrogen (secondary N) is 1. The second-order valence-electron chi connectivity index (χ2n) is 4.05. The number of nitro groups is 1. The monoisotopic (exact) mass is 366 g/mol. The summed E-state index contributed by atoms with van der Waals surface area (Å²) in [6.45, 7) is 0.353. The standard InChI is InChI=1S/C13H8BrClN4O2/c14-10-2-1-8(12(15)4-10)6-17-13-9(5-16)3-11(7-18-13)19(20)21/h1-4,7H,6H2,(H,17,18). The van der Waals surface area contributed by atoms with Gasteiger partial charge < -0.3 is 5.32 Å². The summed E-state index contributed by atoms with van der Waals surface area (Å²) in [5, 5.41) is 23.2. The normalized spacial score (nSPS) is 9.95. The van der Waals surface area contributed by atoms with E-state index in [1.165, 1.54) is 6.07 Å². The molecule has 0 fully saturated rings. The Hall–Kier alpha value is -2.17. The van der Waals surface area contributed by atoms with Gasteiger partial charge in [-0.1, -0.05) is 33.6 Å². The van der Waals surface area contributed by atoms with Crippen LogP contribution in [-0.2, 0) is 6.54 Å². The van der Waals surface area contributed by atoms with E-state index in [9.17, 15) is 10.1 Å². The topological polar surface area (TPSA) is 91.8 Å². The van der Waals surface area contributed by atoms with Crippen LogP contribution in [0, 0.1) is 21.4 Å². The smallest absolute Gasteiger partial charge is 0.289 e. The summed E-state index contributed by atoms with van der Waals surface area (Å²) in [4.78, 5) is 14.0. The third-order valence-corrected chi connectivity index (χ3v) is 3.51. The van der Waals surface area contributed by atoms with Gasteiger partial charge in [0.1, 0.15) is 23.6 Å². The van der Waals surface area contributed by atoms with E-state index in [1.807, 2.05) is 18.2 Å². The first-order valence-corrected chi connectivity index (χ1v) is 6.90. The molecule has 0 spiro atoms. The molecule has 0 unspecified atom stereocenters. The van der Waals surface area contributed by atoms with E-state index in [1.54, 1.807) is 6.07 Å². The molecule has 0 saturated heterocycles. The van der Waals surface area contributed by atoms with E-state index in [-0.39, 0.29) is 17.1 Å². The van der Waals surface area contributed by atoms with Crippen LogP contribution in [-0.4, -0.2) is 9.91 Å². The second kappa shape index (κ2) is 6.52. The molecule has 0 atom stereocenters. The molecule has 0 bridgehead atoms. The zero-order valence-electron chi connectivity index (χ0n) is 10.5. The molecule has 1 heterocycles. The van der Waals surface area contributed by atoms with Gasteiger partial charge in [0.05, 0.1) is 4.92 Å². The number of aromatic nitrogens is 1. The Labute approximate surface area is 133 Å². The number of hydrogen-bond donors (Lipinski definition) is 1. The van der Waals surface area contributed by atoms with Crippen molar-refractivity contribution >= 4 is 39.0 Å². The van der Waals surface area contributed by atoms with Crippen LogP contribution in [0.5, 0.6) is 0 Å². The van der Waals surface area contributed by atoms with Crippen molar-refractivity contribution in [3.63, 3.8) is 0 Å². The Balaban J connectivity index is 2.20. The molecule has 6 nitrogen and oxygen atoms in total. The van der Waals surface area contributed by atoms with Crippen molar-refractivity contribution in [2.45, 2.75) is 6.54 Å². The van der Waals surface area contributed by atoms with Crippen LogP contribution >= 0.6 is 27.5 Å². The number of nitriles is 1. The average Bonchev–Trinajstić information content (AvgIpc) is 2.46. The molecule has 2 aromatic rings. The highest BCUT2D eigenvalue weighted by molar-refractivity contribution is 9.10. The van der Waals surface area contributed by atoms with E-state index in [4.69, 9.17) is 16.9 Å². The maximum atomic E-state index is 10.7. The molecule has 8 heteroatoms. The van der Waals surface area contributed by atoms with Crippen molar-refractivity contribution in [1.29, 1.82) is 5.26 Å². The van der Waals surface area contributed by atoms with Crippen LogP contribution in [0.3, 0.4) is 0 Å². The van der Waals surface area contributed by atoms with Gasteiger partial charge in [0.2, 0.25) is 0 Å². The van der Waals surface area contributed by atoms with Crippen LogP contribution in [0.15, 0.2) is 34.9 Å². The van der Waals surface area contributed by atoms with E-state index >= 15 is 0 Å². The molecule has 1 aromatic carbocycles. The summed E-state index contributed by atoms with van der Waals surface area (Å²) in [5.41, 5.74) is 0.708. The summed E-state index contributed by atoms with van der Waals surface area (Å²) >= 11 is 9.40. The number of hydrogen-bond acceptors (Lipinski definition) is 5. The molecule has 0 amide bonds. The maximum absolute atomic E-state index is 10.7. The molecule has 0 radical (unpaired) electrons. The summed E-state index contributed by atoms with van der Waals surface area (Å²) in [5.74, 6) is 0.280. The quantitative estimate of drug-likeness (QED) is 0.654. The minimum Gasteiger partial charge on any atom is -0.365 e. The highest BCUT2D eigenvalue weighted by Gasteiger charge is 2.12. The van der Waals surface area contributed by atoms with Crippen LogP contribution in [0.25, 0.3) is 0 Å². The van der Waals surface area contributed by atoms with Crippen LogP contribution < -0.4 is 5.32 Å². The summed E-state index contributed by atoms with van der Waals surface area (Å²) in [7, 11) is 0. The van der Waals surface area contributed by atoms with Crippen LogP contribution in [0.2, 0.25) is 5.02 Å². The van der Waals surface area contributed by atoms with Crippen molar-refractivity contribution in [2.75, 3.05) is 5.32 Å². The van der Waals surface area contributed by atoms with Crippen molar-refractivity contribution < 1.29 is 4.92 Å². The van der Waals surface area contributed by atoms with Gasteiger partial charge in [-0.25, -0.2) is 4.98 Å². The lowest BCUT2D eigenvalue weighted by Crippen LogP contribution is -2.04. The lowest BCUT2D eigenvalue weighted by molar-refractivity contribution is -0.385. The third kappa shape index (κ3) is 3.68. The molecular formula is C13H8BrClN4O2. The fraction of sp³-hybridized carbons (Fsp3) is 0.0769. The van der Waals surface area contributed by atoms with Gasteiger partial charge in [-0.15, -0.1) is 0 Å². The van der Waals surface area contributed by atoms with Crippen molar-refractivity contribution in [1.82, 2.24) is 4.98 Å². The fourth-order valence-electron chi connectivity index (χ4n) is 1.62. The van der Waals surface area contributed by atoms with Gasteiger partial charge in [0.25, 0.3) is 5.69 Å². The maximum Gasteiger partial charge on any atom is 0.289 e. The molecule has 1 N–H and O–H groups in total. The molecule has 0 aliphatic rings. The second-order valence-corrected chi connectivity index (χ2v) is 5.37. The first kappa shape index (κ1) is 15.2. The molecule has 1 aromatic heterocycles. The molecule has 2 rings (SSSR count). The van der Waals surface area contributed by atoms with E-state index in [2.05, 4.69) is 26.2 Å². The number of benzene rings is 1. The van der Waals surface area contributed by atoms with Gasteiger partial charge in [0, 0.05) is 22.1 Å². The highest BCUT2D eigenvalue weighted by Crippen LogP contribution is 2.23. The van der Waals surface area contributed by atoms with E-state index in [0.29, 0.717) is 11.6 Å². The number of nitrogens with zero attached hydrogens (tertiary/aromatic N) is 3. The first-order valence-electron chi connectivity index (χ1n) is 5.73. The Bertz CT molecular complexity index is 745. The SMILES string of the molecule is N#Cc1cc([N+](=O)[O-])cnc1NCc1ccc(Br)cc1Cl. The van der Waals surface area contributed by atoms with Gasteiger partial charge in [-0.2, -0.15) is 5.26 Å². The summed E-state index contributed by atoms with van der Waals surface area (Å²) in [6, 6.07) is 8.49. The molecule has 0 aliphatic heterocycles. The van der Waals surface area contributed by atoms with Gasteiger partial charge in [-0.05, 0) is 17.7 Å². The Kier molecular flexibility index (Phi) is 4.73.